The number of hydrogen-bond donors (Lipinski definition) is 1. The second-order valence-electron chi connectivity index (χ2n) is 5.79. The molecular formula is C22H20O5. The number of carbonyl (C=O) groups is 1. The lowest BCUT2D eigenvalue weighted by atomic mass is 10.1. The Kier molecular flexibility index (Phi) is 5.94. The molecule has 5 heteroatoms. The van der Waals surface area contributed by atoms with Crippen LogP contribution >= 0.6 is 0 Å². The minimum atomic E-state index is -1.00. The van der Waals surface area contributed by atoms with Gasteiger partial charge in [0.2, 0.25) is 0 Å². The van der Waals surface area contributed by atoms with Crippen molar-refractivity contribution in [1.29, 1.82) is 0 Å². The van der Waals surface area contributed by atoms with Crippen LogP contribution in [-0.4, -0.2) is 31.4 Å². The summed E-state index contributed by atoms with van der Waals surface area (Å²) >= 11 is 0. The summed E-state index contributed by atoms with van der Waals surface area (Å²) in [4.78, 5) is 10.6. The lowest BCUT2D eigenvalue weighted by molar-refractivity contribution is -0.131. The van der Waals surface area contributed by atoms with Gasteiger partial charge in [-0.3, -0.25) is 0 Å². The minimum absolute atomic E-state index is 0.329. The van der Waals surface area contributed by atoms with Crippen molar-refractivity contribution in [3.8, 4) is 17.2 Å². The van der Waals surface area contributed by atoms with Gasteiger partial charge in [0.05, 0.1) is 7.11 Å². The standard InChI is InChI=1S/C22H20O5/c1-25-20-10-6-16(7-11-22(23)24)14-21(20)27-13-12-26-19-9-8-17-4-2-3-5-18(17)15-19/h2-11,14-15H,12-13H2,1H3,(H,23,24). The molecule has 5 nitrogen and oxygen atoms in total. The minimum Gasteiger partial charge on any atom is -0.493 e. The number of carboxylic acid groups (broad SMARTS) is 1. The molecule has 3 rings (SSSR count). The fourth-order valence-corrected chi connectivity index (χ4v) is 2.65. The molecule has 0 fully saturated rings. The van der Waals surface area contributed by atoms with Gasteiger partial charge >= 0.3 is 5.97 Å². The highest BCUT2D eigenvalue weighted by atomic mass is 16.5. The van der Waals surface area contributed by atoms with Crippen molar-refractivity contribution in [3.05, 3.63) is 72.3 Å². The van der Waals surface area contributed by atoms with Crippen molar-refractivity contribution in [2.75, 3.05) is 20.3 Å². The second kappa shape index (κ2) is 8.76. The van der Waals surface area contributed by atoms with Crippen molar-refractivity contribution in [2.24, 2.45) is 0 Å². The Morgan fingerprint density at radius 1 is 0.926 bits per heavy atom. The molecule has 0 atom stereocenters. The zero-order valence-corrected chi connectivity index (χ0v) is 14.9. The smallest absolute Gasteiger partial charge is 0.328 e. The third-order valence-electron chi connectivity index (χ3n) is 3.94. The van der Waals surface area contributed by atoms with Crippen molar-refractivity contribution in [1.82, 2.24) is 0 Å². The predicted molar refractivity (Wildman–Crippen MR) is 105 cm³/mol. The van der Waals surface area contributed by atoms with Crippen LogP contribution in [0.5, 0.6) is 17.2 Å². The predicted octanol–water partition coefficient (Wildman–Crippen LogP) is 4.40. The number of ether oxygens (including phenoxy) is 3. The highest BCUT2D eigenvalue weighted by Gasteiger charge is 2.06. The molecule has 1 N–H and O–H groups in total. The van der Waals surface area contributed by atoms with Crippen molar-refractivity contribution in [2.45, 2.75) is 0 Å². The van der Waals surface area contributed by atoms with E-state index in [-0.39, 0.29) is 0 Å². The number of rotatable bonds is 8. The third kappa shape index (κ3) is 5.01. The molecule has 3 aromatic rings. The van der Waals surface area contributed by atoms with Crippen LogP contribution in [0.3, 0.4) is 0 Å². The van der Waals surface area contributed by atoms with E-state index in [2.05, 4.69) is 6.07 Å². The van der Waals surface area contributed by atoms with Gasteiger partial charge in [0, 0.05) is 6.08 Å². The summed E-state index contributed by atoms with van der Waals surface area (Å²) in [5.74, 6) is 0.889. The molecule has 0 aromatic heterocycles. The van der Waals surface area contributed by atoms with Gasteiger partial charge in [-0.15, -0.1) is 0 Å². The van der Waals surface area contributed by atoms with Gasteiger partial charge in [0.15, 0.2) is 11.5 Å². The normalized spacial score (nSPS) is 10.9. The van der Waals surface area contributed by atoms with Gasteiger partial charge in [-0.25, -0.2) is 4.79 Å². The number of fused-ring (bicyclic) bond motifs is 1. The fourth-order valence-electron chi connectivity index (χ4n) is 2.65. The van der Waals surface area contributed by atoms with E-state index in [1.807, 2.05) is 36.4 Å². The first-order valence-electron chi connectivity index (χ1n) is 8.49. The molecule has 0 saturated carbocycles. The van der Waals surface area contributed by atoms with Gasteiger partial charge in [-0.1, -0.05) is 36.4 Å². The van der Waals surface area contributed by atoms with Crippen LogP contribution < -0.4 is 14.2 Å². The molecule has 0 aliphatic carbocycles. The Morgan fingerprint density at radius 3 is 2.48 bits per heavy atom. The monoisotopic (exact) mass is 364 g/mol. The molecule has 0 radical (unpaired) electrons. The quantitative estimate of drug-likeness (QED) is 0.474. The largest absolute Gasteiger partial charge is 0.493 e. The highest BCUT2D eigenvalue weighted by Crippen LogP contribution is 2.28. The molecular weight excluding hydrogens is 344 g/mol. The number of methoxy groups -OCH3 is 1. The van der Waals surface area contributed by atoms with E-state index in [4.69, 9.17) is 19.3 Å². The lowest BCUT2D eigenvalue weighted by Crippen LogP contribution is -2.09. The van der Waals surface area contributed by atoms with E-state index in [1.54, 1.807) is 25.3 Å². The Morgan fingerprint density at radius 2 is 1.70 bits per heavy atom. The van der Waals surface area contributed by atoms with Crippen LogP contribution in [0, 0.1) is 0 Å². The maximum atomic E-state index is 10.6. The van der Waals surface area contributed by atoms with Crippen LogP contribution in [0.4, 0.5) is 0 Å². The lowest BCUT2D eigenvalue weighted by Gasteiger charge is -2.12. The number of benzene rings is 3. The summed E-state index contributed by atoms with van der Waals surface area (Å²) in [6.07, 6.45) is 2.58. The van der Waals surface area contributed by atoms with Crippen LogP contribution in [0.2, 0.25) is 0 Å². The summed E-state index contributed by atoms with van der Waals surface area (Å²) in [6, 6.07) is 19.3. The van der Waals surface area contributed by atoms with E-state index in [0.29, 0.717) is 30.3 Å². The Labute approximate surface area is 157 Å². The Hall–Kier alpha value is -3.47. The van der Waals surface area contributed by atoms with Crippen LogP contribution in [0.1, 0.15) is 5.56 Å². The van der Waals surface area contributed by atoms with Gasteiger partial charge in [0.1, 0.15) is 19.0 Å². The van der Waals surface area contributed by atoms with E-state index in [9.17, 15) is 4.79 Å². The zero-order chi connectivity index (χ0) is 19.1. The topological polar surface area (TPSA) is 65.0 Å². The average Bonchev–Trinajstić information content (AvgIpc) is 2.69. The first-order valence-corrected chi connectivity index (χ1v) is 8.49. The molecule has 0 heterocycles. The van der Waals surface area contributed by atoms with E-state index < -0.39 is 5.97 Å². The maximum Gasteiger partial charge on any atom is 0.328 e. The fraction of sp³-hybridized carbons (Fsp3) is 0.136. The van der Waals surface area contributed by atoms with Crippen molar-refractivity contribution >= 4 is 22.8 Å². The van der Waals surface area contributed by atoms with E-state index in [1.165, 1.54) is 6.08 Å². The van der Waals surface area contributed by atoms with Gasteiger partial charge < -0.3 is 19.3 Å². The van der Waals surface area contributed by atoms with E-state index >= 15 is 0 Å². The van der Waals surface area contributed by atoms with E-state index in [0.717, 1.165) is 22.6 Å². The highest BCUT2D eigenvalue weighted by molar-refractivity contribution is 5.85. The first-order chi connectivity index (χ1) is 13.2. The van der Waals surface area contributed by atoms with Gasteiger partial charge in [-0.05, 0) is 46.7 Å². The molecule has 0 spiro atoms. The zero-order valence-electron chi connectivity index (χ0n) is 14.9. The summed E-state index contributed by atoms with van der Waals surface area (Å²) in [6.45, 7) is 0.700. The van der Waals surface area contributed by atoms with Crippen LogP contribution in [0.25, 0.3) is 16.8 Å². The summed E-state index contributed by atoms with van der Waals surface area (Å²) in [5, 5.41) is 11.0. The number of hydrogen-bond acceptors (Lipinski definition) is 4. The SMILES string of the molecule is COc1ccc(C=CC(=O)O)cc1OCCOc1ccc2ccccc2c1. The maximum absolute atomic E-state index is 10.6. The molecule has 138 valence electrons. The van der Waals surface area contributed by atoms with Gasteiger partial charge in [0.25, 0.3) is 0 Å². The summed E-state index contributed by atoms with van der Waals surface area (Å²) < 4.78 is 16.8. The Balaban J connectivity index is 1.60. The van der Waals surface area contributed by atoms with Crippen LogP contribution in [0.15, 0.2) is 66.7 Å². The van der Waals surface area contributed by atoms with Crippen LogP contribution in [-0.2, 0) is 4.79 Å². The second-order valence-corrected chi connectivity index (χ2v) is 5.79. The number of carboxylic acids is 1. The van der Waals surface area contributed by atoms with Crippen molar-refractivity contribution < 1.29 is 24.1 Å². The third-order valence-corrected chi connectivity index (χ3v) is 3.94. The average molecular weight is 364 g/mol. The van der Waals surface area contributed by atoms with Gasteiger partial charge in [-0.2, -0.15) is 0 Å². The molecule has 0 saturated heterocycles. The first kappa shape index (κ1) is 18.3. The Bertz CT molecular complexity index is 962. The molecule has 0 bridgehead atoms. The molecule has 3 aromatic carbocycles. The molecule has 0 amide bonds. The summed E-state index contributed by atoms with van der Waals surface area (Å²) in [7, 11) is 1.56. The molecule has 27 heavy (non-hydrogen) atoms. The number of aliphatic carboxylic acids is 1. The molecule has 0 aliphatic rings. The van der Waals surface area contributed by atoms with Crippen molar-refractivity contribution in [3.63, 3.8) is 0 Å². The molecule has 0 unspecified atom stereocenters. The summed E-state index contributed by atoms with van der Waals surface area (Å²) in [5.41, 5.74) is 0.712. The molecule has 0 aliphatic heterocycles.